The van der Waals surface area contributed by atoms with Crippen LogP contribution in [-0.4, -0.2) is 110 Å². The van der Waals surface area contributed by atoms with Gasteiger partial charge in [-0.3, -0.25) is 4.79 Å². The van der Waals surface area contributed by atoms with Crippen molar-refractivity contribution in [2.24, 2.45) is 0 Å². The SMILES string of the molecule is CCCCCCC=CCCCCCCCCCCCCCCC(O)C(=O)NC(COC1OC(CO)C(O)C(O)C1O)C(O)C(O)CCCCCCC=CCCCCCCCC. The average Bonchev–Trinajstić information content (AvgIpc) is 3.26. The van der Waals surface area contributed by atoms with Crippen molar-refractivity contribution in [3.05, 3.63) is 24.3 Å². The van der Waals surface area contributed by atoms with E-state index >= 15 is 0 Å². The molecule has 0 bridgehead atoms. The summed E-state index contributed by atoms with van der Waals surface area (Å²) in [5.74, 6) is -0.701. The Hall–Kier alpha value is -1.41. The number of hydrogen-bond acceptors (Lipinski definition) is 10. The lowest BCUT2D eigenvalue weighted by Crippen LogP contribution is -2.60. The molecule has 9 atom stereocenters. The number of aliphatic hydroxyl groups excluding tert-OH is 7. The highest BCUT2D eigenvalue weighted by Crippen LogP contribution is 2.23. The molecule has 0 aromatic carbocycles. The van der Waals surface area contributed by atoms with Crippen molar-refractivity contribution in [3.63, 3.8) is 0 Å². The van der Waals surface area contributed by atoms with Gasteiger partial charge in [0.1, 0.15) is 36.6 Å². The van der Waals surface area contributed by atoms with Gasteiger partial charge in [-0.2, -0.15) is 0 Å². The maximum atomic E-state index is 13.1. The van der Waals surface area contributed by atoms with E-state index in [0.717, 1.165) is 51.4 Å². The molecule has 1 saturated heterocycles. The zero-order valence-electron chi connectivity index (χ0n) is 38.9. The number of allylic oxidation sites excluding steroid dienone is 4. The van der Waals surface area contributed by atoms with E-state index in [1.807, 2.05) is 0 Å². The fraction of sp³-hybridized carbons (Fsp3) is 0.900. The van der Waals surface area contributed by atoms with Crippen LogP contribution in [-0.2, 0) is 14.3 Å². The summed E-state index contributed by atoms with van der Waals surface area (Å²) in [4.78, 5) is 13.1. The van der Waals surface area contributed by atoms with Gasteiger partial charge >= 0.3 is 0 Å². The third-order valence-corrected chi connectivity index (χ3v) is 12.2. The lowest BCUT2D eigenvalue weighted by molar-refractivity contribution is -0.303. The fourth-order valence-electron chi connectivity index (χ4n) is 8.02. The van der Waals surface area contributed by atoms with Crippen LogP contribution in [0.4, 0.5) is 0 Å². The first-order valence-corrected chi connectivity index (χ1v) is 25.2. The first-order chi connectivity index (χ1) is 29.7. The molecule has 360 valence electrons. The van der Waals surface area contributed by atoms with Crippen molar-refractivity contribution < 1.29 is 50.0 Å². The second kappa shape index (κ2) is 40.1. The Labute approximate surface area is 372 Å². The monoisotopic (exact) mass is 870 g/mol. The number of hydrogen-bond donors (Lipinski definition) is 8. The van der Waals surface area contributed by atoms with Gasteiger partial charge in [0, 0.05) is 0 Å². The minimum absolute atomic E-state index is 0.258. The van der Waals surface area contributed by atoms with Crippen LogP contribution in [0, 0.1) is 0 Å². The summed E-state index contributed by atoms with van der Waals surface area (Å²) in [6, 6.07) is -1.17. The van der Waals surface area contributed by atoms with Gasteiger partial charge < -0.3 is 50.5 Å². The minimum atomic E-state index is -1.66. The fourth-order valence-corrected chi connectivity index (χ4v) is 8.02. The summed E-state index contributed by atoms with van der Waals surface area (Å²) < 4.78 is 11.1. The van der Waals surface area contributed by atoms with Gasteiger partial charge in [0.2, 0.25) is 5.91 Å². The molecule has 1 aliphatic heterocycles. The Balaban J connectivity index is 2.39. The van der Waals surface area contributed by atoms with Crippen molar-refractivity contribution >= 4 is 5.91 Å². The summed E-state index contributed by atoms with van der Waals surface area (Å²) in [6.07, 6.45) is 33.6. The van der Waals surface area contributed by atoms with E-state index in [2.05, 4.69) is 43.5 Å². The molecule has 0 spiro atoms. The molecule has 61 heavy (non-hydrogen) atoms. The first-order valence-electron chi connectivity index (χ1n) is 25.2. The summed E-state index contributed by atoms with van der Waals surface area (Å²) >= 11 is 0. The molecule has 0 aromatic rings. The zero-order chi connectivity index (χ0) is 44.8. The molecule has 0 saturated carbocycles. The molecular formula is C50H95NO10. The zero-order valence-corrected chi connectivity index (χ0v) is 38.9. The van der Waals surface area contributed by atoms with Crippen LogP contribution in [0.3, 0.4) is 0 Å². The van der Waals surface area contributed by atoms with Crippen LogP contribution < -0.4 is 5.32 Å². The number of unbranched alkanes of at least 4 members (excludes halogenated alkanes) is 26. The van der Waals surface area contributed by atoms with Crippen molar-refractivity contribution in [1.29, 1.82) is 0 Å². The minimum Gasteiger partial charge on any atom is -0.394 e. The first kappa shape index (κ1) is 57.6. The number of rotatable bonds is 42. The van der Waals surface area contributed by atoms with Crippen LogP contribution in [0.25, 0.3) is 0 Å². The molecule has 11 heteroatoms. The average molecular weight is 870 g/mol. The molecular weight excluding hydrogens is 775 g/mol. The van der Waals surface area contributed by atoms with Gasteiger partial charge in [0.05, 0.1) is 25.4 Å². The summed E-state index contributed by atoms with van der Waals surface area (Å²) in [7, 11) is 0. The molecule has 8 N–H and O–H groups in total. The molecule has 0 radical (unpaired) electrons. The number of carbonyl (C=O) groups excluding carboxylic acids is 1. The normalized spacial score (nSPS) is 21.6. The molecule has 1 heterocycles. The number of carbonyl (C=O) groups is 1. The summed E-state index contributed by atoms with van der Waals surface area (Å²) in [5.41, 5.74) is 0. The molecule has 1 aliphatic rings. The smallest absolute Gasteiger partial charge is 0.249 e. The summed E-state index contributed by atoms with van der Waals surface area (Å²) in [6.45, 7) is 3.42. The third kappa shape index (κ3) is 29.6. The van der Waals surface area contributed by atoms with E-state index in [-0.39, 0.29) is 6.42 Å². The number of aliphatic hydroxyl groups is 7. The van der Waals surface area contributed by atoms with Gasteiger partial charge in [-0.1, -0.05) is 179 Å². The van der Waals surface area contributed by atoms with E-state index in [0.29, 0.717) is 19.3 Å². The highest BCUT2D eigenvalue weighted by molar-refractivity contribution is 5.80. The number of ether oxygens (including phenoxy) is 2. The van der Waals surface area contributed by atoms with E-state index in [4.69, 9.17) is 9.47 Å². The maximum Gasteiger partial charge on any atom is 0.249 e. The van der Waals surface area contributed by atoms with Gasteiger partial charge in [-0.05, 0) is 64.2 Å². The molecule has 1 amide bonds. The van der Waals surface area contributed by atoms with Crippen LogP contribution >= 0.6 is 0 Å². The lowest BCUT2D eigenvalue weighted by Gasteiger charge is -2.40. The van der Waals surface area contributed by atoms with Crippen LogP contribution in [0.1, 0.15) is 219 Å². The number of amides is 1. The second-order valence-electron chi connectivity index (χ2n) is 17.9. The molecule has 9 unspecified atom stereocenters. The highest BCUT2D eigenvalue weighted by atomic mass is 16.7. The van der Waals surface area contributed by atoms with Crippen molar-refractivity contribution in [1.82, 2.24) is 5.32 Å². The summed E-state index contributed by atoms with van der Waals surface area (Å²) in [5, 5.41) is 75.8. The molecule has 0 aromatic heterocycles. The van der Waals surface area contributed by atoms with Gasteiger partial charge in [-0.15, -0.1) is 0 Å². The molecule has 11 nitrogen and oxygen atoms in total. The van der Waals surface area contributed by atoms with E-state index in [1.165, 1.54) is 128 Å². The molecule has 1 rings (SSSR count). The quantitative estimate of drug-likeness (QED) is 0.0217. The van der Waals surface area contributed by atoms with Crippen molar-refractivity contribution in [3.8, 4) is 0 Å². The Morgan fingerprint density at radius 2 is 0.951 bits per heavy atom. The standard InChI is InChI=1S/C50H95NO10/c1-3-5-7-9-11-13-15-17-19-20-21-22-23-24-26-28-30-32-34-36-38-43(54)49(59)51-41(40-60-50-48(58)47(57)46(56)44(39-52)61-50)45(55)42(53)37-35-33-31-29-27-25-18-16-14-12-10-8-6-4-2/h13,15,18,25,41-48,50,52-58H,3-12,14,16-17,19-24,26-40H2,1-2H3,(H,51,59). The Kier molecular flexibility index (Phi) is 37.9. The van der Waals surface area contributed by atoms with Crippen LogP contribution in [0.5, 0.6) is 0 Å². The maximum absolute atomic E-state index is 13.1. The number of nitrogens with one attached hydrogen (secondary N) is 1. The predicted octanol–water partition coefficient (Wildman–Crippen LogP) is 9.01. The van der Waals surface area contributed by atoms with Crippen molar-refractivity contribution in [2.75, 3.05) is 13.2 Å². The topological polar surface area (TPSA) is 189 Å². The Morgan fingerprint density at radius 1 is 0.557 bits per heavy atom. The second-order valence-corrected chi connectivity index (χ2v) is 17.9. The van der Waals surface area contributed by atoms with Crippen molar-refractivity contribution in [2.45, 2.75) is 274 Å². The Morgan fingerprint density at radius 3 is 1.39 bits per heavy atom. The largest absolute Gasteiger partial charge is 0.394 e. The lowest BCUT2D eigenvalue weighted by atomic mass is 9.98. The molecule has 0 aliphatic carbocycles. The van der Waals surface area contributed by atoms with Gasteiger partial charge in [0.25, 0.3) is 0 Å². The van der Waals surface area contributed by atoms with Crippen LogP contribution in [0.2, 0.25) is 0 Å². The third-order valence-electron chi connectivity index (χ3n) is 12.2. The Bertz CT molecular complexity index is 1040. The molecule has 1 fully saturated rings. The van der Waals surface area contributed by atoms with E-state index in [9.17, 15) is 40.5 Å². The predicted molar refractivity (Wildman–Crippen MR) is 247 cm³/mol. The van der Waals surface area contributed by atoms with Gasteiger partial charge in [0.15, 0.2) is 6.29 Å². The van der Waals surface area contributed by atoms with Crippen LogP contribution in [0.15, 0.2) is 24.3 Å². The van der Waals surface area contributed by atoms with E-state index in [1.54, 1.807) is 0 Å². The van der Waals surface area contributed by atoms with Gasteiger partial charge in [-0.25, -0.2) is 0 Å². The highest BCUT2D eigenvalue weighted by Gasteiger charge is 2.44. The van der Waals surface area contributed by atoms with E-state index < -0.39 is 74.2 Å².